The zero-order valence-electron chi connectivity index (χ0n) is 10.1. The number of ketones is 1. The summed E-state index contributed by atoms with van der Waals surface area (Å²) in [6.07, 6.45) is 2.25. The average molecular weight is 262 g/mol. The van der Waals surface area contributed by atoms with Crippen LogP contribution < -0.4 is 4.72 Å². The van der Waals surface area contributed by atoms with E-state index >= 15 is 0 Å². The molecular weight excluding hydrogens is 244 g/mol. The van der Waals surface area contributed by atoms with Crippen molar-refractivity contribution >= 4 is 21.7 Å². The molecule has 1 N–H and O–H groups in total. The fourth-order valence-corrected chi connectivity index (χ4v) is 2.72. The van der Waals surface area contributed by atoms with Gasteiger partial charge in [-0.2, -0.15) is 0 Å². The lowest BCUT2D eigenvalue weighted by Crippen LogP contribution is -2.46. The van der Waals surface area contributed by atoms with Crippen molar-refractivity contribution in [3.05, 3.63) is 0 Å². The Morgan fingerprint density at radius 3 is 2.24 bits per heavy atom. The number of Topliss-reactive ketones (excluding diaryl/α,β-unsaturated/α-hetero) is 1. The lowest BCUT2D eigenvalue weighted by atomic mass is 10.1. The molecule has 1 fully saturated rings. The summed E-state index contributed by atoms with van der Waals surface area (Å²) in [5.41, 5.74) is 0. The van der Waals surface area contributed by atoms with Crippen LogP contribution in [0, 0.1) is 0 Å². The van der Waals surface area contributed by atoms with Crippen LogP contribution in [-0.4, -0.2) is 50.4 Å². The molecule has 1 aliphatic heterocycles. The van der Waals surface area contributed by atoms with Gasteiger partial charge in [-0.3, -0.25) is 9.59 Å². The summed E-state index contributed by atoms with van der Waals surface area (Å²) in [4.78, 5) is 24.0. The molecule has 1 rings (SSSR count). The quantitative estimate of drug-likeness (QED) is 0.693. The van der Waals surface area contributed by atoms with Gasteiger partial charge in [-0.05, 0) is 19.8 Å². The molecule has 0 aromatic rings. The number of carbonyl (C=O) groups is 2. The van der Waals surface area contributed by atoms with E-state index in [9.17, 15) is 18.0 Å². The first kappa shape index (κ1) is 14.1. The number of carbonyl (C=O) groups excluding carboxylic acids is 2. The third-order valence-electron chi connectivity index (χ3n) is 2.63. The van der Waals surface area contributed by atoms with Crippen LogP contribution in [0.4, 0.5) is 0 Å². The van der Waals surface area contributed by atoms with E-state index in [4.69, 9.17) is 0 Å². The number of sulfonamides is 1. The standard InChI is InChI=1S/C10H18N2O4S/c1-8(13)7-10(14)12-5-3-9(4-6-12)11-17(2,15)16/h9,11H,3-7H2,1-2H3. The van der Waals surface area contributed by atoms with Crippen LogP contribution in [0.15, 0.2) is 0 Å². The van der Waals surface area contributed by atoms with E-state index in [2.05, 4.69) is 4.72 Å². The Balaban J connectivity index is 2.40. The van der Waals surface area contributed by atoms with Crippen LogP contribution in [-0.2, 0) is 19.6 Å². The molecule has 7 heteroatoms. The molecule has 6 nitrogen and oxygen atoms in total. The van der Waals surface area contributed by atoms with Gasteiger partial charge in [0.25, 0.3) is 0 Å². The van der Waals surface area contributed by atoms with Crippen molar-refractivity contribution < 1.29 is 18.0 Å². The fraction of sp³-hybridized carbons (Fsp3) is 0.800. The van der Waals surface area contributed by atoms with Crippen LogP contribution in [0.25, 0.3) is 0 Å². The predicted octanol–water partition coefficient (Wildman–Crippen LogP) is -0.494. The van der Waals surface area contributed by atoms with Crippen LogP contribution in [0.5, 0.6) is 0 Å². The molecule has 1 saturated heterocycles. The van der Waals surface area contributed by atoms with Crippen molar-refractivity contribution in [2.75, 3.05) is 19.3 Å². The number of nitrogens with zero attached hydrogens (tertiary/aromatic N) is 1. The van der Waals surface area contributed by atoms with Gasteiger partial charge in [-0.15, -0.1) is 0 Å². The smallest absolute Gasteiger partial charge is 0.230 e. The van der Waals surface area contributed by atoms with E-state index in [0.717, 1.165) is 6.26 Å². The maximum Gasteiger partial charge on any atom is 0.230 e. The summed E-state index contributed by atoms with van der Waals surface area (Å²) >= 11 is 0. The lowest BCUT2D eigenvalue weighted by molar-refractivity contribution is -0.135. The van der Waals surface area contributed by atoms with Gasteiger partial charge in [0.2, 0.25) is 15.9 Å². The Morgan fingerprint density at radius 1 is 1.29 bits per heavy atom. The molecule has 1 aliphatic rings. The number of rotatable bonds is 4. The highest BCUT2D eigenvalue weighted by Gasteiger charge is 2.24. The van der Waals surface area contributed by atoms with Gasteiger partial charge < -0.3 is 4.90 Å². The average Bonchev–Trinajstić information content (AvgIpc) is 2.15. The summed E-state index contributed by atoms with van der Waals surface area (Å²) in [7, 11) is -3.19. The number of hydrogen-bond donors (Lipinski definition) is 1. The summed E-state index contributed by atoms with van der Waals surface area (Å²) in [6.45, 7) is 2.38. The van der Waals surface area contributed by atoms with E-state index in [1.54, 1.807) is 4.90 Å². The Labute approximate surface area is 101 Å². The highest BCUT2D eigenvalue weighted by Crippen LogP contribution is 2.12. The first-order valence-electron chi connectivity index (χ1n) is 5.52. The normalized spacial score (nSPS) is 18.1. The summed E-state index contributed by atoms with van der Waals surface area (Å²) in [5.74, 6) is -0.318. The number of amides is 1. The number of likely N-dealkylation sites (tertiary alicyclic amines) is 1. The zero-order chi connectivity index (χ0) is 13.1. The van der Waals surface area contributed by atoms with E-state index < -0.39 is 10.0 Å². The molecule has 0 aromatic heterocycles. The number of nitrogens with one attached hydrogen (secondary N) is 1. The van der Waals surface area contributed by atoms with Crippen molar-refractivity contribution in [2.24, 2.45) is 0 Å². The molecule has 0 unspecified atom stereocenters. The van der Waals surface area contributed by atoms with Gasteiger partial charge in [-0.25, -0.2) is 13.1 Å². The summed E-state index contributed by atoms with van der Waals surface area (Å²) in [6, 6.07) is -0.105. The van der Waals surface area contributed by atoms with Crippen LogP contribution >= 0.6 is 0 Å². The van der Waals surface area contributed by atoms with E-state index in [1.165, 1.54) is 6.92 Å². The van der Waals surface area contributed by atoms with Crippen LogP contribution in [0.2, 0.25) is 0 Å². The third kappa shape index (κ3) is 5.27. The second-order valence-corrected chi connectivity index (χ2v) is 6.20. The number of hydrogen-bond acceptors (Lipinski definition) is 4. The highest BCUT2D eigenvalue weighted by molar-refractivity contribution is 7.88. The zero-order valence-corrected chi connectivity index (χ0v) is 10.9. The molecule has 0 atom stereocenters. The van der Waals surface area contributed by atoms with E-state index in [1.807, 2.05) is 0 Å². The molecule has 0 spiro atoms. The maximum atomic E-state index is 11.6. The monoisotopic (exact) mass is 262 g/mol. The molecule has 0 aliphatic carbocycles. The Morgan fingerprint density at radius 2 is 1.82 bits per heavy atom. The molecule has 98 valence electrons. The van der Waals surface area contributed by atoms with E-state index in [0.29, 0.717) is 25.9 Å². The van der Waals surface area contributed by atoms with E-state index in [-0.39, 0.29) is 24.2 Å². The molecule has 0 aromatic carbocycles. The fourth-order valence-electron chi connectivity index (χ4n) is 1.87. The predicted molar refractivity (Wildman–Crippen MR) is 62.9 cm³/mol. The van der Waals surface area contributed by atoms with Crippen molar-refractivity contribution in [1.29, 1.82) is 0 Å². The minimum atomic E-state index is -3.19. The minimum absolute atomic E-state index is 0.0653. The maximum absolute atomic E-state index is 11.6. The molecule has 17 heavy (non-hydrogen) atoms. The van der Waals surface area contributed by atoms with Gasteiger partial charge in [0, 0.05) is 19.1 Å². The van der Waals surface area contributed by atoms with Crippen LogP contribution in [0.1, 0.15) is 26.2 Å². The molecule has 1 amide bonds. The topological polar surface area (TPSA) is 83.6 Å². The highest BCUT2D eigenvalue weighted by atomic mass is 32.2. The SMILES string of the molecule is CC(=O)CC(=O)N1CCC(NS(C)(=O)=O)CC1. The van der Waals surface area contributed by atoms with Gasteiger partial charge in [0.05, 0.1) is 12.7 Å². The molecule has 1 heterocycles. The Bertz CT molecular complexity index is 397. The summed E-state index contributed by atoms with van der Waals surface area (Å²) in [5, 5.41) is 0. The summed E-state index contributed by atoms with van der Waals surface area (Å²) < 4.78 is 24.6. The second-order valence-electron chi connectivity index (χ2n) is 4.42. The molecule has 0 saturated carbocycles. The molecular formula is C10H18N2O4S. The van der Waals surface area contributed by atoms with Crippen LogP contribution in [0.3, 0.4) is 0 Å². The first-order valence-corrected chi connectivity index (χ1v) is 7.41. The van der Waals surface area contributed by atoms with Gasteiger partial charge in [0.1, 0.15) is 5.78 Å². The van der Waals surface area contributed by atoms with Gasteiger partial charge in [0.15, 0.2) is 0 Å². The minimum Gasteiger partial charge on any atom is -0.342 e. The van der Waals surface area contributed by atoms with Crippen molar-refractivity contribution in [2.45, 2.75) is 32.2 Å². The molecule has 0 radical (unpaired) electrons. The Hall–Kier alpha value is -0.950. The second kappa shape index (κ2) is 5.59. The van der Waals surface area contributed by atoms with Crippen molar-refractivity contribution in [3.8, 4) is 0 Å². The molecule has 0 bridgehead atoms. The van der Waals surface area contributed by atoms with Crippen molar-refractivity contribution in [3.63, 3.8) is 0 Å². The van der Waals surface area contributed by atoms with Crippen molar-refractivity contribution in [1.82, 2.24) is 9.62 Å². The largest absolute Gasteiger partial charge is 0.342 e. The number of piperidine rings is 1. The third-order valence-corrected chi connectivity index (χ3v) is 3.39. The lowest BCUT2D eigenvalue weighted by Gasteiger charge is -2.31. The first-order chi connectivity index (χ1) is 7.78. The van der Waals surface area contributed by atoms with Gasteiger partial charge >= 0.3 is 0 Å². The van der Waals surface area contributed by atoms with Gasteiger partial charge in [-0.1, -0.05) is 0 Å². The Kier molecular flexibility index (Phi) is 4.64.